The van der Waals surface area contributed by atoms with Crippen LogP contribution in [0.2, 0.25) is 0 Å². The van der Waals surface area contributed by atoms with Crippen LogP contribution in [0.25, 0.3) is 0 Å². The van der Waals surface area contributed by atoms with E-state index in [0.29, 0.717) is 5.70 Å². The number of allylic oxidation sites excluding steroid dienone is 1. The molecule has 1 rings (SSSR count). The van der Waals surface area contributed by atoms with E-state index in [1.165, 1.54) is 20.8 Å². The zero-order valence-corrected chi connectivity index (χ0v) is 15.4. The normalized spacial score (nSPS) is 13.6. The zero-order chi connectivity index (χ0) is 17.5. The molecule has 0 unspecified atom stereocenters. The molecule has 0 saturated heterocycles. The third kappa shape index (κ3) is 19.9. The van der Waals surface area contributed by atoms with Gasteiger partial charge in [-0.25, -0.2) is 0 Å². The fraction of sp³-hybridized carbons (Fsp3) is 0.308. The maximum Gasteiger partial charge on any atom is 0 e. The molecule has 0 aromatic rings. The van der Waals surface area contributed by atoms with Gasteiger partial charge in [-0.15, -0.1) is 0 Å². The van der Waals surface area contributed by atoms with Gasteiger partial charge in [0, 0.05) is 17.1 Å². The Kier molecular flexibility index (Phi) is 25.7. The predicted octanol–water partition coefficient (Wildman–Crippen LogP) is 3.84. The third-order valence-corrected chi connectivity index (χ3v) is 3.92. The first-order chi connectivity index (χ1) is 9.75. The zero-order valence-electron chi connectivity index (χ0n) is 12.2. The van der Waals surface area contributed by atoms with Crippen molar-refractivity contribution in [3.05, 3.63) is 56.3 Å². The molecule has 0 aromatic heterocycles. The summed E-state index contributed by atoms with van der Waals surface area (Å²) in [6, 6.07) is 0. The Balaban J connectivity index is -0.000000134. The molecular formula is C13H15F4MnO2Si2. The fourth-order valence-corrected chi connectivity index (χ4v) is 2.97. The van der Waals surface area contributed by atoms with Crippen LogP contribution in [-0.2, 0) is 26.4 Å². The summed E-state index contributed by atoms with van der Waals surface area (Å²) in [6.45, 7) is 13.6. The van der Waals surface area contributed by atoms with Gasteiger partial charge in [-0.2, -0.15) is 0 Å². The van der Waals surface area contributed by atoms with E-state index in [-0.39, 0.29) is 22.3 Å². The van der Waals surface area contributed by atoms with Crippen LogP contribution < -0.4 is 0 Å². The number of hydrogen-bond acceptors (Lipinski definition) is 0. The quantitative estimate of drug-likeness (QED) is 0.226. The number of hydrogen-bond donors (Lipinski definition) is 0. The van der Waals surface area contributed by atoms with Crippen LogP contribution in [-0.4, -0.2) is 18.9 Å². The molecule has 0 amide bonds. The van der Waals surface area contributed by atoms with Crippen molar-refractivity contribution in [1.82, 2.24) is 0 Å². The smallest absolute Gasteiger partial charge is 0 e. The summed E-state index contributed by atoms with van der Waals surface area (Å²) < 4.78 is 63.3. The SMILES string of the molecule is CC(C)(C)/C(=C/[Si](F)F)[Si](F)F.[C-]#[O+].[C-]#[O+].[CH]1[CH][CH][CH][CH]1.[Mn]. The molecule has 8 radical (unpaired) electrons. The van der Waals surface area contributed by atoms with Crippen LogP contribution in [0.3, 0.4) is 0 Å². The van der Waals surface area contributed by atoms with Gasteiger partial charge in [0.2, 0.25) is 0 Å². The minimum absolute atomic E-state index is 0. The number of halogens is 4. The van der Waals surface area contributed by atoms with Crippen molar-refractivity contribution in [3.8, 4) is 0 Å². The second-order valence-electron chi connectivity index (χ2n) is 4.32. The third-order valence-electron chi connectivity index (χ3n) is 1.82. The molecule has 1 saturated carbocycles. The van der Waals surface area contributed by atoms with Gasteiger partial charge in [-0.3, -0.25) is 16.4 Å². The van der Waals surface area contributed by atoms with Crippen molar-refractivity contribution in [2.75, 3.05) is 0 Å². The fourth-order valence-electron chi connectivity index (χ4n) is 0.984. The molecule has 2 nitrogen and oxygen atoms in total. The van der Waals surface area contributed by atoms with E-state index in [0.717, 1.165) is 0 Å². The summed E-state index contributed by atoms with van der Waals surface area (Å²) in [5.74, 6) is 0. The summed E-state index contributed by atoms with van der Waals surface area (Å²) in [5, 5.41) is -0.355. The molecule has 0 N–H and O–H groups in total. The van der Waals surface area contributed by atoms with E-state index in [2.05, 4.69) is 13.3 Å². The molecule has 9 heteroatoms. The molecule has 0 atom stereocenters. The maximum atomic E-state index is 12.3. The van der Waals surface area contributed by atoms with E-state index in [1.807, 2.05) is 32.1 Å². The first-order valence-electron chi connectivity index (χ1n) is 5.41. The summed E-state index contributed by atoms with van der Waals surface area (Å²) in [7, 11) is -7.40. The predicted molar refractivity (Wildman–Crippen MR) is 72.8 cm³/mol. The van der Waals surface area contributed by atoms with Gasteiger partial charge in [0.05, 0.1) is 0 Å². The van der Waals surface area contributed by atoms with Crippen molar-refractivity contribution in [3.63, 3.8) is 0 Å². The Morgan fingerprint density at radius 3 is 1.23 bits per heavy atom. The largest absolute Gasteiger partial charge is 0.0312 e. The molecule has 0 spiro atoms. The van der Waals surface area contributed by atoms with Gasteiger partial charge in [0.1, 0.15) is 0 Å². The van der Waals surface area contributed by atoms with Crippen LogP contribution in [0.5, 0.6) is 0 Å². The van der Waals surface area contributed by atoms with E-state index in [9.17, 15) is 16.4 Å². The molecule has 122 valence electrons. The molecule has 1 aliphatic rings. The molecule has 0 aliphatic heterocycles. The van der Waals surface area contributed by atoms with Crippen molar-refractivity contribution in [1.29, 1.82) is 0 Å². The minimum atomic E-state index is -3.72. The number of rotatable bonds is 2. The minimum Gasteiger partial charge on any atom is -0.0312 e. The molecule has 0 aromatic carbocycles. The van der Waals surface area contributed by atoms with Crippen LogP contribution in [0.1, 0.15) is 20.8 Å². The van der Waals surface area contributed by atoms with Gasteiger partial charge in [0.25, 0.3) is 0 Å². The molecule has 0 heterocycles. The molecular weight excluding hydrogens is 375 g/mol. The van der Waals surface area contributed by atoms with Gasteiger partial charge in [-0.1, -0.05) is 20.8 Å². The van der Waals surface area contributed by atoms with Gasteiger partial charge >= 0.3 is 41.5 Å². The van der Waals surface area contributed by atoms with Crippen LogP contribution >= 0.6 is 0 Å². The Morgan fingerprint density at radius 1 is 0.864 bits per heavy atom. The van der Waals surface area contributed by atoms with Crippen LogP contribution in [0.15, 0.2) is 10.9 Å². The van der Waals surface area contributed by atoms with Gasteiger partial charge in [-0.05, 0) is 48.4 Å². The van der Waals surface area contributed by atoms with E-state index >= 15 is 0 Å². The van der Waals surface area contributed by atoms with Crippen molar-refractivity contribution < 1.29 is 42.8 Å². The Labute approximate surface area is 144 Å². The summed E-state index contributed by atoms with van der Waals surface area (Å²) >= 11 is 0. The standard InChI is InChI=1S/C6H10F4Si2.C5H5.2CO.Mn/c1-6(2,3)5(12(9)10)4-11(7)8;1-2-4-5-3-1;2*1-2;/h4H,1-3H3;1-5H;;;/b5-4-;;;;. The molecule has 1 fully saturated rings. The Hall–Kier alpha value is -0.107. The molecule has 1 aliphatic carbocycles. The molecule has 22 heavy (non-hydrogen) atoms. The van der Waals surface area contributed by atoms with Gasteiger partial charge < -0.3 is 0 Å². The van der Waals surface area contributed by atoms with Gasteiger partial charge in [0.15, 0.2) is 0 Å². The first kappa shape index (κ1) is 29.8. The monoisotopic (exact) mass is 390 g/mol. The van der Waals surface area contributed by atoms with Crippen molar-refractivity contribution in [2.45, 2.75) is 20.8 Å². The Morgan fingerprint density at radius 2 is 1.14 bits per heavy atom. The van der Waals surface area contributed by atoms with E-state index in [1.54, 1.807) is 0 Å². The topological polar surface area (TPSA) is 39.8 Å². The summed E-state index contributed by atoms with van der Waals surface area (Å²) in [6.07, 6.45) is 10.0. The average Bonchev–Trinajstić information content (AvgIpc) is 2.98. The van der Waals surface area contributed by atoms with Crippen LogP contribution in [0, 0.1) is 50.8 Å². The maximum absolute atomic E-state index is 12.3. The summed E-state index contributed by atoms with van der Waals surface area (Å²) in [4.78, 5) is 0. The second kappa shape index (κ2) is 18.9. The van der Waals surface area contributed by atoms with Crippen molar-refractivity contribution >= 4 is 18.9 Å². The summed E-state index contributed by atoms with van der Waals surface area (Å²) in [5.41, 5.74) is -0.356. The first-order valence-corrected chi connectivity index (χ1v) is 8.00. The van der Waals surface area contributed by atoms with Crippen LogP contribution in [0.4, 0.5) is 16.4 Å². The molecule has 0 bridgehead atoms. The average molecular weight is 390 g/mol. The Bertz CT molecular complexity index is 299. The van der Waals surface area contributed by atoms with E-state index < -0.39 is 24.3 Å². The second-order valence-corrected chi connectivity index (χ2v) is 6.25. The van der Waals surface area contributed by atoms with E-state index in [4.69, 9.17) is 9.30 Å². The van der Waals surface area contributed by atoms with Crippen molar-refractivity contribution in [2.24, 2.45) is 5.41 Å².